The molecule has 0 spiro atoms. The van der Waals surface area contributed by atoms with Crippen LogP contribution < -0.4 is 21.0 Å². The van der Waals surface area contributed by atoms with Crippen LogP contribution in [0.5, 0.6) is 0 Å². The molecule has 2 N–H and O–H groups in total. The average Bonchev–Trinajstić information content (AvgIpc) is 2.70. The van der Waals surface area contributed by atoms with Gasteiger partial charge in [-0.2, -0.15) is 0 Å². The van der Waals surface area contributed by atoms with Crippen molar-refractivity contribution in [1.82, 2.24) is 15.8 Å². The molecule has 2 heterocycles. The maximum Gasteiger partial charge on any atom is 0.190 e. The molecule has 1 aliphatic heterocycles. The van der Waals surface area contributed by atoms with Crippen molar-refractivity contribution in [3.05, 3.63) is 22.8 Å². The average molecular weight is 176 g/mol. The summed E-state index contributed by atoms with van der Waals surface area (Å²) in [5.41, 5.74) is 11.7. The molecule has 0 fully saturated rings. The lowest BCUT2D eigenvalue weighted by Gasteiger charge is -2.09. The fourth-order valence-electron chi connectivity index (χ4n) is 1.31. The first kappa shape index (κ1) is 6.49. The first-order valence-corrected chi connectivity index (χ1v) is 3.64. The number of fused-ring (bicyclic) bond motifs is 3. The second kappa shape index (κ2) is 2.02. The zero-order valence-electron chi connectivity index (χ0n) is 6.35. The van der Waals surface area contributed by atoms with Gasteiger partial charge in [-0.3, -0.25) is 5.21 Å². The molecule has 0 saturated heterocycles. The van der Waals surface area contributed by atoms with Gasteiger partial charge in [-0.05, 0) is 17.8 Å². The van der Waals surface area contributed by atoms with Crippen molar-refractivity contribution in [3.8, 4) is 0 Å². The van der Waals surface area contributed by atoms with E-state index in [1.165, 1.54) is 0 Å². The van der Waals surface area contributed by atoms with Gasteiger partial charge in [0, 0.05) is 5.69 Å². The summed E-state index contributed by atoms with van der Waals surface area (Å²) in [6.45, 7) is 0. The second-order valence-electron chi connectivity index (χ2n) is 2.64. The van der Waals surface area contributed by atoms with Gasteiger partial charge in [0.25, 0.3) is 0 Å². The molecule has 0 unspecified atom stereocenters. The Labute approximate surface area is 72.2 Å². The van der Waals surface area contributed by atoms with Crippen LogP contribution in [0.3, 0.4) is 0 Å². The first-order valence-electron chi connectivity index (χ1n) is 3.64. The molecule has 0 atom stereocenters. The smallest absolute Gasteiger partial charge is 0.190 e. The molecule has 0 radical (unpaired) electrons. The number of anilines is 1. The molecule has 1 aromatic heterocycles. The lowest BCUT2D eigenvalue weighted by Crippen LogP contribution is -2.30. The quantitative estimate of drug-likeness (QED) is 0.423. The minimum atomic E-state index is 0.424. The van der Waals surface area contributed by atoms with E-state index in [4.69, 9.17) is 0 Å². The molecule has 3 rings (SSSR count). The van der Waals surface area contributed by atoms with Gasteiger partial charge in [0.15, 0.2) is 11.0 Å². The number of benzene rings is 1. The fourth-order valence-corrected chi connectivity index (χ4v) is 1.31. The van der Waals surface area contributed by atoms with Gasteiger partial charge in [0.1, 0.15) is 0 Å². The summed E-state index contributed by atoms with van der Waals surface area (Å²) in [6.07, 6.45) is 0. The van der Waals surface area contributed by atoms with Crippen LogP contribution in [-0.4, -0.2) is 5.10 Å². The fraction of sp³-hybridized carbons (Fsp3) is 0. The van der Waals surface area contributed by atoms with Crippen molar-refractivity contribution in [2.45, 2.75) is 0 Å². The van der Waals surface area contributed by atoms with Gasteiger partial charge < -0.3 is 26.4 Å². The van der Waals surface area contributed by atoms with E-state index in [9.17, 15) is 5.21 Å². The largest absolute Gasteiger partial charge is 0.724 e. The summed E-state index contributed by atoms with van der Waals surface area (Å²) >= 11 is 0. The summed E-state index contributed by atoms with van der Waals surface area (Å²) < 4.78 is 0. The standard InChI is InChI=1S/C6H4N6O/c13-12-4-2-1-3-5(8-10-7-3)6(4)9-11-12/h1-2,7,10H/q-2. The van der Waals surface area contributed by atoms with E-state index in [0.29, 0.717) is 21.6 Å². The van der Waals surface area contributed by atoms with Crippen LogP contribution in [0, 0.1) is 5.21 Å². The van der Waals surface area contributed by atoms with Crippen LogP contribution in [0.15, 0.2) is 12.1 Å². The third kappa shape index (κ3) is 0.707. The van der Waals surface area contributed by atoms with Crippen LogP contribution >= 0.6 is 0 Å². The Hall–Kier alpha value is -2.02. The Morgan fingerprint density at radius 3 is 3.31 bits per heavy atom. The molecule has 7 heteroatoms. The van der Waals surface area contributed by atoms with Gasteiger partial charge in [-0.1, -0.05) is 0 Å². The number of hydrogen-bond donors (Lipinski definition) is 2. The Morgan fingerprint density at radius 1 is 1.46 bits per heavy atom. The Bertz CT molecular complexity index is 477. The van der Waals surface area contributed by atoms with Gasteiger partial charge in [0.2, 0.25) is 0 Å². The highest BCUT2D eigenvalue weighted by Crippen LogP contribution is 2.36. The topological polar surface area (TPSA) is 92.1 Å². The summed E-state index contributed by atoms with van der Waals surface area (Å²) in [6, 6.07) is 3.40. The number of hydrogen-bond acceptors (Lipinski definition) is 4. The highest BCUT2D eigenvalue weighted by Gasteiger charge is 2.09. The van der Waals surface area contributed by atoms with Gasteiger partial charge in [0.05, 0.1) is 0 Å². The van der Waals surface area contributed by atoms with Crippen molar-refractivity contribution < 1.29 is 4.85 Å². The van der Waals surface area contributed by atoms with E-state index in [2.05, 4.69) is 26.7 Å². The minimum Gasteiger partial charge on any atom is -0.724 e. The molecule has 1 aliphatic rings. The summed E-state index contributed by atoms with van der Waals surface area (Å²) in [7, 11) is 0. The van der Waals surface area contributed by atoms with E-state index < -0.39 is 0 Å². The third-order valence-electron chi connectivity index (χ3n) is 1.92. The summed E-state index contributed by atoms with van der Waals surface area (Å²) in [5.74, 6) is 0. The van der Waals surface area contributed by atoms with Crippen molar-refractivity contribution in [1.29, 1.82) is 0 Å². The molecule has 0 amide bonds. The highest BCUT2D eigenvalue weighted by atomic mass is 16.5. The van der Waals surface area contributed by atoms with Crippen LogP contribution in [0.1, 0.15) is 0 Å². The maximum atomic E-state index is 11.0. The number of nitrogens with one attached hydrogen (secondary N) is 2. The van der Waals surface area contributed by atoms with Crippen molar-refractivity contribution in [2.75, 3.05) is 5.43 Å². The predicted octanol–water partition coefficient (Wildman–Crippen LogP) is -0.324. The molecule has 0 saturated carbocycles. The molecule has 13 heavy (non-hydrogen) atoms. The Kier molecular flexibility index (Phi) is 1.01. The summed E-state index contributed by atoms with van der Waals surface area (Å²) in [4.78, 5) is 0.476. The van der Waals surface area contributed by atoms with Gasteiger partial charge in [-0.25, -0.2) is 0 Å². The Morgan fingerprint density at radius 2 is 2.38 bits per heavy atom. The highest BCUT2D eigenvalue weighted by molar-refractivity contribution is 5.96. The predicted molar refractivity (Wildman–Crippen MR) is 43.8 cm³/mol. The number of nitrogens with zero attached hydrogens (tertiary/aromatic N) is 4. The number of hydrazine groups is 1. The van der Waals surface area contributed by atoms with E-state index >= 15 is 0 Å². The minimum absolute atomic E-state index is 0.424. The lowest BCUT2D eigenvalue weighted by atomic mass is 10.2. The molecule has 0 bridgehead atoms. The molecule has 0 aliphatic carbocycles. The Balaban J connectivity index is 2.44. The number of rotatable bonds is 0. The third-order valence-corrected chi connectivity index (χ3v) is 1.92. The van der Waals surface area contributed by atoms with Crippen LogP contribution in [-0.2, 0) is 0 Å². The molecular weight excluding hydrogens is 172 g/mol. The van der Waals surface area contributed by atoms with Crippen molar-refractivity contribution in [2.24, 2.45) is 0 Å². The van der Waals surface area contributed by atoms with Gasteiger partial charge >= 0.3 is 0 Å². The van der Waals surface area contributed by atoms with Crippen molar-refractivity contribution in [3.63, 3.8) is 0 Å². The van der Waals surface area contributed by atoms with Crippen molar-refractivity contribution >= 4 is 22.4 Å². The lowest BCUT2D eigenvalue weighted by molar-refractivity contribution is -0.649. The van der Waals surface area contributed by atoms with Crippen LogP contribution in [0.4, 0.5) is 11.4 Å². The van der Waals surface area contributed by atoms with E-state index in [1.54, 1.807) is 12.1 Å². The monoisotopic (exact) mass is 176 g/mol. The summed E-state index contributed by atoms with van der Waals surface area (Å²) in [5, 5.41) is 18.1. The second-order valence-corrected chi connectivity index (χ2v) is 2.64. The number of aromatic nitrogens is 3. The van der Waals surface area contributed by atoms with Gasteiger partial charge in [-0.15, -0.1) is 5.10 Å². The maximum absolute atomic E-state index is 11.0. The zero-order chi connectivity index (χ0) is 8.84. The zero-order valence-corrected chi connectivity index (χ0v) is 6.35. The molecule has 2 aromatic rings. The van der Waals surface area contributed by atoms with Crippen LogP contribution in [0.2, 0.25) is 0 Å². The molecule has 1 aromatic carbocycles. The normalized spacial score (nSPS) is 13.8. The van der Waals surface area contributed by atoms with E-state index in [-0.39, 0.29) is 0 Å². The van der Waals surface area contributed by atoms with E-state index in [1.807, 2.05) is 0 Å². The van der Waals surface area contributed by atoms with E-state index in [0.717, 1.165) is 5.69 Å². The van der Waals surface area contributed by atoms with Crippen LogP contribution in [0.25, 0.3) is 16.5 Å². The molecule has 66 valence electrons. The molecule has 7 nitrogen and oxygen atoms in total. The molecular formula is C6H4N6O-2. The SMILES string of the molecule is [O-][n+]1[n-]nc2c3c(ccc21)NN[N-]3. The first-order chi connectivity index (χ1) is 6.36.